The molecule has 0 heterocycles. The molecule has 0 radical (unpaired) electrons. The fraction of sp³-hybridized carbons (Fsp3) is 0.941. The van der Waals surface area contributed by atoms with Crippen LogP contribution in [-0.2, 0) is 9.53 Å². The summed E-state index contributed by atoms with van der Waals surface area (Å²) < 4.78 is 5.59. The van der Waals surface area contributed by atoms with Crippen molar-refractivity contribution in [2.75, 3.05) is 0 Å². The maximum Gasteiger partial charge on any atom is 0.302 e. The Bertz CT molecular complexity index is 409. The molecule has 3 aliphatic rings. The first-order valence-corrected chi connectivity index (χ1v) is 7.86. The summed E-state index contributed by atoms with van der Waals surface area (Å²) in [5, 5.41) is 0. The van der Waals surface area contributed by atoms with Gasteiger partial charge < -0.3 is 4.74 Å². The quantitative estimate of drug-likeness (QED) is 0.664. The Morgan fingerprint density at radius 3 is 2.47 bits per heavy atom. The number of ether oxygens (including phenoxy) is 1. The molecule has 19 heavy (non-hydrogen) atoms. The Morgan fingerprint density at radius 1 is 1.16 bits per heavy atom. The van der Waals surface area contributed by atoms with E-state index in [0.29, 0.717) is 16.2 Å². The van der Waals surface area contributed by atoms with Crippen molar-refractivity contribution in [2.45, 2.75) is 72.8 Å². The third-order valence-corrected chi connectivity index (χ3v) is 7.08. The summed E-state index contributed by atoms with van der Waals surface area (Å²) in [6.45, 7) is 11.3. The molecule has 2 unspecified atom stereocenters. The maximum absolute atomic E-state index is 11.3. The van der Waals surface area contributed by atoms with Crippen molar-refractivity contribution in [1.29, 1.82) is 0 Å². The Labute approximate surface area is 117 Å². The molecule has 3 saturated carbocycles. The van der Waals surface area contributed by atoms with Crippen molar-refractivity contribution in [3.63, 3.8) is 0 Å². The molecule has 4 atom stereocenters. The van der Waals surface area contributed by atoms with Gasteiger partial charge >= 0.3 is 5.97 Å². The van der Waals surface area contributed by atoms with Crippen molar-refractivity contribution in [1.82, 2.24) is 0 Å². The lowest BCUT2D eigenvalue weighted by molar-refractivity contribution is -0.163. The minimum absolute atomic E-state index is 0.113. The Hall–Kier alpha value is -0.530. The predicted octanol–water partition coefficient (Wildman–Crippen LogP) is 4.18. The van der Waals surface area contributed by atoms with Crippen LogP contribution < -0.4 is 0 Å². The number of fused-ring (bicyclic) bond motifs is 1. The van der Waals surface area contributed by atoms with E-state index in [0.717, 1.165) is 24.7 Å². The highest BCUT2D eigenvalue weighted by Crippen LogP contribution is 2.75. The van der Waals surface area contributed by atoms with Crippen LogP contribution in [-0.4, -0.2) is 12.1 Å². The van der Waals surface area contributed by atoms with E-state index >= 15 is 0 Å². The van der Waals surface area contributed by atoms with Crippen molar-refractivity contribution in [3.8, 4) is 0 Å². The van der Waals surface area contributed by atoms with Crippen molar-refractivity contribution < 1.29 is 9.53 Å². The van der Waals surface area contributed by atoms with E-state index in [4.69, 9.17) is 4.74 Å². The van der Waals surface area contributed by atoms with Gasteiger partial charge in [0, 0.05) is 6.92 Å². The van der Waals surface area contributed by atoms with E-state index in [9.17, 15) is 4.79 Å². The molecule has 0 aromatic carbocycles. The molecule has 2 bridgehead atoms. The normalized spacial score (nSPS) is 45.8. The average Bonchev–Trinajstić information content (AvgIpc) is 2.75. The number of hydrogen-bond acceptors (Lipinski definition) is 2. The van der Waals surface area contributed by atoms with Crippen LogP contribution in [0.15, 0.2) is 0 Å². The number of carbonyl (C=O) groups is 1. The monoisotopic (exact) mass is 264 g/mol. The lowest BCUT2D eigenvalue weighted by atomic mass is 9.48. The van der Waals surface area contributed by atoms with Gasteiger partial charge in [-0.3, -0.25) is 4.79 Å². The fourth-order valence-electron chi connectivity index (χ4n) is 6.08. The summed E-state index contributed by atoms with van der Waals surface area (Å²) in [6, 6.07) is 0. The molecular formula is C17H28O2. The highest BCUT2D eigenvalue weighted by Gasteiger charge is 2.68. The highest BCUT2D eigenvalue weighted by atomic mass is 16.5. The number of rotatable bonds is 1. The van der Waals surface area contributed by atoms with Crippen LogP contribution in [0.5, 0.6) is 0 Å². The zero-order chi connectivity index (χ0) is 14.1. The SMILES string of the molecule is CC(=O)OC1CC2C(C)(C)[C@@H]3CC[C@@]2(C3)C(C)(C)C1. The summed E-state index contributed by atoms with van der Waals surface area (Å²) in [7, 11) is 0. The number of carbonyl (C=O) groups excluding carboxylic acids is 1. The van der Waals surface area contributed by atoms with E-state index in [2.05, 4.69) is 27.7 Å². The predicted molar refractivity (Wildman–Crippen MR) is 75.6 cm³/mol. The molecule has 3 aliphatic carbocycles. The van der Waals surface area contributed by atoms with E-state index in [1.807, 2.05) is 0 Å². The van der Waals surface area contributed by atoms with Gasteiger partial charge in [0.1, 0.15) is 6.10 Å². The van der Waals surface area contributed by atoms with Crippen LogP contribution in [0.25, 0.3) is 0 Å². The Balaban J connectivity index is 1.94. The Morgan fingerprint density at radius 2 is 1.84 bits per heavy atom. The van der Waals surface area contributed by atoms with Crippen molar-refractivity contribution >= 4 is 5.97 Å². The summed E-state index contributed by atoms with van der Waals surface area (Å²) in [5.74, 6) is 1.50. The third kappa shape index (κ3) is 1.64. The van der Waals surface area contributed by atoms with Gasteiger partial charge in [0.2, 0.25) is 0 Å². The first-order valence-electron chi connectivity index (χ1n) is 7.86. The number of hydrogen-bond donors (Lipinski definition) is 0. The van der Waals surface area contributed by atoms with Crippen molar-refractivity contribution in [3.05, 3.63) is 0 Å². The first-order chi connectivity index (χ1) is 8.69. The van der Waals surface area contributed by atoms with Gasteiger partial charge in [-0.15, -0.1) is 0 Å². The molecule has 2 heteroatoms. The van der Waals surface area contributed by atoms with Crippen LogP contribution in [0.1, 0.15) is 66.7 Å². The zero-order valence-corrected chi connectivity index (χ0v) is 13.1. The molecule has 0 aromatic rings. The average molecular weight is 264 g/mol. The van der Waals surface area contributed by atoms with E-state index < -0.39 is 0 Å². The standard InChI is InChI=1S/C17H28O2/c1-11(18)19-13-8-14-16(4,5)12-6-7-17(14,9-12)15(2,3)10-13/h12-14H,6-10H2,1-5H3/t12-,13?,14?,17+/m1/s1. The summed E-state index contributed by atoms with van der Waals surface area (Å²) >= 11 is 0. The van der Waals surface area contributed by atoms with Crippen molar-refractivity contribution in [2.24, 2.45) is 28.1 Å². The second kappa shape index (κ2) is 3.77. The summed E-state index contributed by atoms with van der Waals surface area (Å²) in [4.78, 5) is 11.3. The molecule has 0 aliphatic heterocycles. The lowest BCUT2D eigenvalue weighted by Gasteiger charge is -2.57. The maximum atomic E-state index is 11.3. The largest absolute Gasteiger partial charge is 0.463 e. The summed E-state index contributed by atoms with van der Waals surface area (Å²) in [6.07, 6.45) is 6.49. The zero-order valence-electron chi connectivity index (χ0n) is 13.1. The smallest absolute Gasteiger partial charge is 0.302 e. The molecule has 0 N–H and O–H groups in total. The Kier molecular flexibility index (Phi) is 2.67. The van der Waals surface area contributed by atoms with Gasteiger partial charge in [-0.1, -0.05) is 27.7 Å². The minimum atomic E-state index is -0.113. The highest BCUT2D eigenvalue weighted by molar-refractivity contribution is 5.66. The summed E-state index contributed by atoms with van der Waals surface area (Å²) in [5.41, 5.74) is 1.24. The lowest BCUT2D eigenvalue weighted by Crippen LogP contribution is -2.52. The fourth-order valence-corrected chi connectivity index (χ4v) is 6.08. The van der Waals surface area contributed by atoms with Gasteiger partial charge in [-0.2, -0.15) is 0 Å². The van der Waals surface area contributed by atoms with E-state index in [-0.39, 0.29) is 12.1 Å². The molecule has 108 valence electrons. The van der Waals surface area contributed by atoms with Gasteiger partial charge in [0.25, 0.3) is 0 Å². The second-order valence-electron chi connectivity index (χ2n) is 8.52. The molecular weight excluding hydrogens is 236 g/mol. The molecule has 2 nitrogen and oxygen atoms in total. The second-order valence-corrected chi connectivity index (χ2v) is 8.52. The molecule has 0 aromatic heterocycles. The van der Waals surface area contributed by atoms with E-state index in [1.165, 1.54) is 19.3 Å². The molecule has 0 saturated heterocycles. The molecule has 3 rings (SSSR count). The van der Waals surface area contributed by atoms with Crippen LogP contribution in [0, 0.1) is 28.1 Å². The number of esters is 1. The molecule has 1 spiro atoms. The van der Waals surface area contributed by atoms with Crippen LogP contribution in [0.3, 0.4) is 0 Å². The van der Waals surface area contributed by atoms with Gasteiger partial charge in [-0.25, -0.2) is 0 Å². The molecule has 3 fully saturated rings. The van der Waals surface area contributed by atoms with Gasteiger partial charge in [0.05, 0.1) is 0 Å². The van der Waals surface area contributed by atoms with Crippen LogP contribution in [0.2, 0.25) is 0 Å². The van der Waals surface area contributed by atoms with Crippen LogP contribution in [0.4, 0.5) is 0 Å². The van der Waals surface area contributed by atoms with Gasteiger partial charge in [-0.05, 0) is 60.2 Å². The van der Waals surface area contributed by atoms with Gasteiger partial charge in [0.15, 0.2) is 0 Å². The van der Waals surface area contributed by atoms with E-state index in [1.54, 1.807) is 6.92 Å². The first kappa shape index (κ1) is 13.5. The topological polar surface area (TPSA) is 26.3 Å². The minimum Gasteiger partial charge on any atom is -0.463 e. The van der Waals surface area contributed by atoms with Crippen LogP contribution >= 0.6 is 0 Å². The third-order valence-electron chi connectivity index (χ3n) is 7.08. The molecule has 0 amide bonds.